The second-order valence-electron chi connectivity index (χ2n) is 4.77. The van der Waals surface area contributed by atoms with Crippen LogP contribution in [0.5, 0.6) is 0 Å². The summed E-state index contributed by atoms with van der Waals surface area (Å²) in [4.78, 5) is 0. The molecule has 0 bridgehead atoms. The SMILES string of the molecule is CC1=[C-]CC(C)=C1C.CC1=[C-]CC(C)=C1C.[CH3-].[CH3-].[SiH2]=[Zr]. The summed E-state index contributed by atoms with van der Waals surface area (Å²) >= 11 is 1.58. The molecule has 0 saturated heterocycles. The molecule has 0 unspecified atom stereocenters. The van der Waals surface area contributed by atoms with E-state index in [1.807, 2.05) is 6.88 Å². The molecule has 0 amide bonds. The van der Waals surface area contributed by atoms with Crippen LogP contribution in [0.4, 0.5) is 0 Å². The van der Waals surface area contributed by atoms with Crippen LogP contribution in [0, 0.1) is 27.0 Å². The molecular formula is C18H30SiZr-4. The van der Waals surface area contributed by atoms with E-state index in [1.54, 1.807) is 23.3 Å². The average molecular weight is 366 g/mol. The van der Waals surface area contributed by atoms with Crippen molar-refractivity contribution in [1.29, 1.82) is 0 Å². The molecule has 0 aromatic rings. The maximum absolute atomic E-state index is 3.26. The average Bonchev–Trinajstić information content (AvgIpc) is 2.83. The van der Waals surface area contributed by atoms with E-state index in [0.717, 1.165) is 12.8 Å². The number of hydrogen-bond acceptors (Lipinski definition) is 0. The molecule has 114 valence electrons. The van der Waals surface area contributed by atoms with Crippen molar-refractivity contribution in [3.8, 4) is 0 Å². The molecule has 0 fully saturated rings. The molecule has 0 spiro atoms. The summed E-state index contributed by atoms with van der Waals surface area (Å²) in [5.74, 6) is 0. The summed E-state index contributed by atoms with van der Waals surface area (Å²) in [6.07, 6.45) is 8.63. The Balaban J connectivity index is -0.000000236. The van der Waals surface area contributed by atoms with Crippen LogP contribution in [-0.2, 0) is 23.3 Å². The molecule has 0 heterocycles. The predicted octanol–water partition coefficient (Wildman–Crippen LogP) is 4.93. The third kappa shape index (κ3) is 7.74. The Morgan fingerprint density at radius 2 is 0.950 bits per heavy atom. The van der Waals surface area contributed by atoms with Crippen LogP contribution in [0.3, 0.4) is 0 Å². The van der Waals surface area contributed by atoms with E-state index in [9.17, 15) is 0 Å². The molecule has 0 nitrogen and oxygen atoms in total. The second kappa shape index (κ2) is 12.8. The van der Waals surface area contributed by atoms with Gasteiger partial charge in [-0.05, 0) is 0 Å². The van der Waals surface area contributed by atoms with E-state index in [1.165, 1.54) is 33.4 Å². The van der Waals surface area contributed by atoms with Crippen molar-refractivity contribution in [3.05, 3.63) is 60.4 Å². The van der Waals surface area contributed by atoms with Gasteiger partial charge in [-0.1, -0.05) is 27.7 Å². The van der Waals surface area contributed by atoms with Crippen molar-refractivity contribution in [2.24, 2.45) is 0 Å². The molecular weight excluding hydrogens is 336 g/mol. The monoisotopic (exact) mass is 364 g/mol. The summed E-state index contributed by atoms with van der Waals surface area (Å²) in [5, 5.41) is 0. The fourth-order valence-electron chi connectivity index (χ4n) is 1.70. The molecule has 0 aromatic carbocycles. The fraction of sp³-hybridized carbons (Fsp3) is 0.444. The first-order valence-electron chi connectivity index (χ1n) is 6.27. The van der Waals surface area contributed by atoms with Gasteiger partial charge in [0.1, 0.15) is 0 Å². The van der Waals surface area contributed by atoms with E-state index in [0.29, 0.717) is 0 Å². The Hall–Kier alpha value is 0.0600. The molecule has 0 aliphatic heterocycles. The summed E-state index contributed by atoms with van der Waals surface area (Å²) < 4.78 is 0. The van der Waals surface area contributed by atoms with Crippen LogP contribution in [0.25, 0.3) is 0 Å². The van der Waals surface area contributed by atoms with E-state index < -0.39 is 0 Å². The van der Waals surface area contributed by atoms with Gasteiger partial charge >= 0.3 is 30.2 Å². The normalized spacial score (nSPS) is 15.8. The zero-order valence-electron chi connectivity index (χ0n) is 14.6. The molecule has 0 atom stereocenters. The molecule has 0 aromatic heterocycles. The second-order valence-corrected chi connectivity index (χ2v) is 4.77. The van der Waals surface area contributed by atoms with Crippen molar-refractivity contribution in [2.75, 3.05) is 0 Å². The third-order valence-electron chi connectivity index (χ3n) is 3.64. The fourth-order valence-corrected chi connectivity index (χ4v) is 1.70. The first-order valence-corrected chi connectivity index (χ1v) is 12.2. The molecule has 0 saturated carbocycles. The van der Waals surface area contributed by atoms with Gasteiger partial charge in [-0.2, -0.15) is 22.3 Å². The molecule has 2 aliphatic carbocycles. The van der Waals surface area contributed by atoms with Gasteiger partial charge in [0, 0.05) is 0 Å². The minimum absolute atomic E-state index is 0. The van der Waals surface area contributed by atoms with Crippen LogP contribution in [-0.4, -0.2) is 6.88 Å². The van der Waals surface area contributed by atoms with Crippen molar-refractivity contribution in [1.82, 2.24) is 0 Å². The maximum atomic E-state index is 3.26. The first kappa shape index (κ1) is 25.0. The summed E-state index contributed by atoms with van der Waals surface area (Å²) in [7, 11) is 0. The summed E-state index contributed by atoms with van der Waals surface area (Å²) in [6.45, 7) is 14.8. The van der Waals surface area contributed by atoms with Crippen LogP contribution < -0.4 is 0 Å². The quantitative estimate of drug-likeness (QED) is 0.421. The van der Waals surface area contributed by atoms with Gasteiger partial charge in [0.15, 0.2) is 0 Å². The van der Waals surface area contributed by atoms with Gasteiger partial charge < -0.3 is 14.9 Å². The van der Waals surface area contributed by atoms with Crippen molar-refractivity contribution in [3.63, 3.8) is 0 Å². The first-order chi connectivity index (χ1) is 8.43. The van der Waals surface area contributed by atoms with Crippen LogP contribution in [0.2, 0.25) is 0 Å². The van der Waals surface area contributed by atoms with E-state index >= 15 is 0 Å². The van der Waals surface area contributed by atoms with Crippen LogP contribution in [0.15, 0.2) is 33.4 Å². The van der Waals surface area contributed by atoms with Gasteiger partial charge in [0.25, 0.3) is 0 Å². The Morgan fingerprint density at radius 3 is 1.00 bits per heavy atom. The van der Waals surface area contributed by atoms with E-state index in [-0.39, 0.29) is 14.9 Å². The molecule has 2 heteroatoms. The van der Waals surface area contributed by atoms with Gasteiger partial charge in [-0.25, -0.2) is 11.1 Å². The van der Waals surface area contributed by atoms with Gasteiger partial charge in [-0.3, -0.25) is 12.2 Å². The third-order valence-corrected chi connectivity index (χ3v) is 3.64. The Morgan fingerprint density at radius 1 is 0.700 bits per heavy atom. The molecule has 2 aliphatic rings. The zero-order chi connectivity index (χ0) is 14.3. The predicted molar refractivity (Wildman–Crippen MR) is 92.2 cm³/mol. The van der Waals surface area contributed by atoms with Crippen molar-refractivity contribution >= 4 is 6.88 Å². The van der Waals surface area contributed by atoms with E-state index in [4.69, 9.17) is 0 Å². The molecule has 0 N–H and O–H groups in total. The molecule has 20 heavy (non-hydrogen) atoms. The Kier molecular flexibility index (Phi) is 16.0. The van der Waals surface area contributed by atoms with Crippen molar-refractivity contribution in [2.45, 2.75) is 54.4 Å². The molecule has 0 radical (unpaired) electrons. The standard InChI is InChI=1S/2C8H11.2CH3.H2Si.Zr/c2*1-6-4-5-7(2)8(6)3;;;;/h2*4H2,1-3H3;2*1H3;1H2;/q4*-1;;. The number of hydrogen-bond donors (Lipinski definition) is 0. The Labute approximate surface area is 144 Å². The number of allylic oxidation sites excluding steroid dienone is 8. The number of rotatable bonds is 0. The van der Waals surface area contributed by atoms with Crippen LogP contribution >= 0.6 is 0 Å². The van der Waals surface area contributed by atoms with Gasteiger partial charge in [-0.15, -0.1) is 26.7 Å². The van der Waals surface area contributed by atoms with Crippen molar-refractivity contribution < 1.29 is 23.3 Å². The zero-order valence-corrected chi connectivity index (χ0v) is 18.5. The van der Waals surface area contributed by atoms with E-state index in [2.05, 4.69) is 53.7 Å². The Bertz CT molecular complexity index is 372. The van der Waals surface area contributed by atoms with Crippen LogP contribution in [0.1, 0.15) is 54.4 Å². The minimum atomic E-state index is 0. The van der Waals surface area contributed by atoms with Gasteiger partial charge in [0.05, 0.1) is 0 Å². The van der Waals surface area contributed by atoms with Gasteiger partial charge in [0.2, 0.25) is 0 Å². The summed E-state index contributed by atoms with van der Waals surface area (Å²) in [6, 6.07) is 0. The summed E-state index contributed by atoms with van der Waals surface area (Å²) in [5.41, 5.74) is 8.49. The topological polar surface area (TPSA) is 0 Å². The molecule has 2 rings (SSSR count).